The lowest BCUT2D eigenvalue weighted by Gasteiger charge is -2.45. The second-order valence-corrected chi connectivity index (χ2v) is 7.44. The monoisotopic (exact) mass is 435 g/mol. The number of carboxylic acid groups (broad SMARTS) is 1. The van der Waals surface area contributed by atoms with Crippen LogP contribution in [0.1, 0.15) is 34.1 Å². The molecule has 0 bridgehead atoms. The minimum absolute atomic E-state index is 0.140. The molecule has 0 unspecified atom stereocenters. The highest BCUT2D eigenvalue weighted by Gasteiger charge is 2.50. The number of hydrogen-bond donors (Lipinski definition) is 2. The molecule has 11 nitrogen and oxygen atoms in total. The molecule has 2 N–H and O–H groups in total. The van der Waals surface area contributed by atoms with Gasteiger partial charge in [-0.15, -0.1) is 11.8 Å². The van der Waals surface area contributed by atoms with Crippen molar-refractivity contribution < 1.29 is 48.0 Å². The lowest BCUT2D eigenvalue weighted by atomic mass is 9.97. The van der Waals surface area contributed by atoms with Crippen molar-refractivity contribution in [1.29, 1.82) is 0 Å². The van der Waals surface area contributed by atoms with Crippen LogP contribution in [0, 0.1) is 0 Å². The summed E-state index contributed by atoms with van der Waals surface area (Å²) < 4.78 is 21.4. The van der Waals surface area contributed by atoms with Gasteiger partial charge in [-0.3, -0.25) is 24.0 Å². The summed E-state index contributed by atoms with van der Waals surface area (Å²) in [5, 5.41) is 11.5. The zero-order valence-corrected chi connectivity index (χ0v) is 17.4. The highest BCUT2D eigenvalue weighted by molar-refractivity contribution is 7.99. The Morgan fingerprint density at radius 2 is 1.55 bits per heavy atom. The number of rotatable bonds is 9. The topological polar surface area (TPSA) is 155 Å². The molecule has 164 valence electrons. The van der Waals surface area contributed by atoms with E-state index in [1.165, 1.54) is 13.8 Å². The van der Waals surface area contributed by atoms with Crippen LogP contribution in [0.25, 0.3) is 0 Å². The number of thioether (sulfide) groups is 1. The van der Waals surface area contributed by atoms with E-state index in [4.69, 9.17) is 24.1 Å². The summed E-state index contributed by atoms with van der Waals surface area (Å²) in [6.45, 7) is 4.43. The van der Waals surface area contributed by atoms with Crippen LogP contribution >= 0.6 is 11.8 Å². The van der Waals surface area contributed by atoms with Crippen LogP contribution in [-0.2, 0) is 42.9 Å². The lowest BCUT2D eigenvalue weighted by molar-refractivity contribution is -0.211. The van der Waals surface area contributed by atoms with E-state index < -0.39 is 59.6 Å². The average Bonchev–Trinajstić information content (AvgIpc) is 2.56. The van der Waals surface area contributed by atoms with Crippen LogP contribution in [-0.4, -0.2) is 77.0 Å². The van der Waals surface area contributed by atoms with Crippen molar-refractivity contribution in [2.45, 2.75) is 63.9 Å². The van der Waals surface area contributed by atoms with Gasteiger partial charge in [0.25, 0.3) is 0 Å². The predicted octanol–water partition coefficient (Wildman–Crippen LogP) is -0.150. The second-order valence-electron chi connectivity index (χ2n) is 6.23. The quantitative estimate of drug-likeness (QED) is 0.367. The molecule has 1 saturated heterocycles. The first-order chi connectivity index (χ1) is 13.5. The summed E-state index contributed by atoms with van der Waals surface area (Å²) in [4.78, 5) is 57.0. The number of ether oxygens (including phenoxy) is 4. The summed E-state index contributed by atoms with van der Waals surface area (Å²) >= 11 is 1.08. The number of amides is 1. The van der Waals surface area contributed by atoms with E-state index >= 15 is 0 Å². The van der Waals surface area contributed by atoms with E-state index in [9.17, 15) is 24.0 Å². The van der Waals surface area contributed by atoms with Crippen molar-refractivity contribution in [2.24, 2.45) is 0 Å². The highest BCUT2D eigenvalue weighted by Crippen LogP contribution is 2.32. The largest absolute Gasteiger partial charge is 0.481 e. The van der Waals surface area contributed by atoms with Gasteiger partial charge in [-0.1, -0.05) is 0 Å². The summed E-state index contributed by atoms with van der Waals surface area (Å²) in [5.74, 6) is -3.32. The standard InChI is InChI=1S/C17H25NO10S/c1-8(19)18-14-16(27-11(4)22)15(26-10(3)21)12(7-25-9(2)20)28-17(14)29-6-5-13(23)24/h12,14-17H,5-7H2,1-4H3,(H,18,19)(H,23,24)/t12-,14-,15+,16-,17-/m1/s1. The summed E-state index contributed by atoms with van der Waals surface area (Å²) in [5.41, 5.74) is -0.852. The molecule has 1 fully saturated rings. The Bertz CT molecular complexity index is 640. The van der Waals surface area contributed by atoms with E-state index in [0.717, 1.165) is 25.6 Å². The number of nitrogens with one attached hydrogen (secondary N) is 1. The first-order valence-electron chi connectivity index (χ1n) is 8.75. The first kappa shape index (κ1) is 24.7. The Morgan fingerprint density at radius 1 is 0.966 bits per heavy atom. The van der Waals surface area contributed by atoms with Gasteiger partial charge in [-0.25, -0.2) is 0 Å². The van der Waals surface area contributed by atoms with Crippen LogP contribution in [0.3, 0.4) is 0 Å². The molecule has 0 radical (unpaired) electrons. The average molecular weight is 435 g/mol. The Kier molecular flexibility index (Phi) is 9.89. The predicted molar refractivity (Wildman–Crippen MR) is 98.7 cm³/mol. The molecule has 29 heavy (non-hydrogen) atoms. The van der Waals surface area contributed by atoms with Crippen molar-refractivity contribution in [3.05, 3.63) is 0 Å². The van der Waals surface area contributed by atoms with Gasteiger partial charge < -0.3 is 29.4 Å². The van der Waals surface area contributed by atoms with E-state index in [1.807, 2.05) is 0 Å². The molecule has 0 aliphatic carbocycles. The molecule has 12 heteroatoms. The molecule has 1 aliphatic heterocycles. The van der Waals surface area contributed by atoms with Crippen LogP contribution in [0.5, 0.6) is 0 Å². The van der Waals surface area contributed by atoms with Crippen LogP contribution in [0.15, 0.2) is 0 Å². The molecule has 0 saturated carbocycles. The third-order valence-electron chi connectivity index (χ3n) is 3.67. The lowest BCUT2D eigenvalue weighted by Crippen LogP contribution is -2.65. The normalized spacial score (nSPS) is 26.1. The molecule has 1 heterocycles. The minimum atomic E-state index is -1.16. The number of carboxylic acids is 1. The third kappa shape index (κ3) is 8.69. The Morgan fingerprint density at radius 3 is 2.03 bits per heavy atom. The van der Waals surface area contributed by atoms with Gasteiger partial charge in [-0.05, 0) is 0 Å². The highest BCUT2D eigenvalue weighted by atomic mass is 32.2. The molecule has 1 amide bonds. The summed E-state index contributed by atoms with van der Waals surface area (Å²) in [6, 6.07) is -0.937. The van der Waals surface area contributed by atoms with Crippen LogP contribution in [0.2, 0.25) is 0 Å². The molecule has 1 aliphatic rings. The second kappa shape index (κ2) is 11.6. The Balaban J connectivity index is 3.22. The van der Waals surface area contributed by atoms with Crippen LogP contribution in [0.4, 0.5) is 0 Å². The fourth-order valence-corrected chi connectivity index (χ4v) is 3.87. The maximum atomic E-state index is 11.7. The maximum absolute atomic E-state index is 11.7. The van der Waals surface area contributed by atoms with Crippen molar-refractivity contribution >= 4 is 41.5 Å². The van der Waals surface area contributed by atoms with Gasteiger partial charge in [0.1, 0.15) is 24.2 Å². The van der Waals surface area contributed by atoms with Gasteiger partial charge in [0.15, 0.2) is 12.2 Å². The maximum Gasteiger partial charge on any atom is 0.304 e. The van der Waals surface area contributed by atoms with Crippen molar-refractivity contribution in [1.82, 2.24) is 5.32 Å². The molecule has 0 aromatic carbocycles. The van der Waals surface area contributed by atoms with Crippen molar-refractivity contribution in [3.63, 3.8) is 0 Å². The third-order valence-corrected chi connectivity index (χ3v) is 4.84. The van der Waals surface area contributed by atoms with E-state index in [0.29, 0.717) is 0 Å². The first-order valence-corrected chi connectivity index (χ1v) is 9.80. The van der Waals surface area contributed by atoms with Crippen molar-refractivity contribution in [2.75, 3.05) is 12.4 Å². The zero-order chi connectivity index (χ0) is 22.1. The number of carbonyl (C=O) groups excluding carboxylic acids is 4. The zero-order valence-electron chi connectivity index (χ0n) is 16.5. The molecule has 5 atom stereocenters. The van der Waals surface area contributed by atoms with Gasteiger partial charge in [-0.2, -0.15) is 0 Å². The van der Waals surface area contributed by atoms with Gasteiger partial charge >= 0.3 is 23.9 Å². The summed E-state index contributed by atoms with van der Waals surface area (Å²) in [7, 11) is 0. The van der Waals surface area contributed by atoms with Gasteiger partial charge in [0.05, 0.1) is 6.42 Å². The summed E-state index contributed by atoms with van der Waals surface area (Å²) in [6.07, 6.45) is -3.47. The Hall–Kier alpha value is -2.34. The molecular weight excluding hydrogens is 410 g/mol. The Labute approximate surface area is 171 Å². The number of carbonyl (C=O) groups is 5. The molecule has 0 aromatic rings. The molecule has 1 rings (SSSR count). The van der Waals surface area contributed by atoms with E-state index in [1.54, 1.807) is 0 Å². The van der Waals surface area contributed by atoms with Crippen molar-refractivity contribution in [3.8, 4) is 0 Å². The molecule has 0 spiro atoms. The van der Waals surface area contributed by atoms with Crippen LogP contribution < -0.4 is 5.32 Å². The molecular formula is C17H25NO10S. The fourth-order valence-electron chi connectivity index (χ4n) is 2.70. The van der Waals surface area contributed by atoms with E-state index in [-0.39, 0.29) is 18.8 Å². The fraction of sp³-hybridized carbons (Fsp3) is 0.706. The smallest absolute Gasteiger partial charge is 0.304 e. The molecule has 0 aromatic heterocycles. The number of aliphatic carboxylic acids is 1. The van der Waals surface area contributed by atoms with Gasteiger partial charge in [0, 0.05) is 33.4 Å². The van der Waals surface area contributed by atoms with Gasteiger partial charge in [0.2, 0.25) is 5.91 Å². The van der Waals surface area contributed by atoms with E-state index in [2.05, 4.69) is 5.32 Å². The minimum Gasteiger partial charge on any atom is -0.481 e. The SMILES string of the molecule is CC(=O)N[C@@H]1[C@@H](OC(C)=O)[C@@H](OC(C)=O)[C@@H](COC(C)=O)O[C@@H]1SCCC(=O)O. The number of hydrogen-bond acceptors (Lipinski definition) is 10. The number of esters is 3.